The van der Waals surface area contributed by atoms with Crippen molar-refractivity contribution >= 4 is 44.8 Å². The van der Waals surface area contributed by atoms with Crippen LogP contribution in [0.3, 0.4) is 0 Å². The van der Waals surface area contributed by atoms with Gasteiger partial charge in [0.05, 0.1) is 18.5 Å². The molecule has 1 heterocycles. The van der Waals surface area contributed by atoms with Gasteiger partial charge in [0.2, 0.25) is 5.91 Å². The molecule has 1 aromatic heterocycles. The van der Waals surface area contributed by atoms with Crippen molar-refractivity contribution in [3.63, 3.8) is 0 Å². The summed E-state index contributed by atoms with van der Waals surface area (Å²) in [7, 11) is 0. The average Bonchev–Trinajstić information content (AvgIpc) is 3.15. The fraction of sp³-hybridized carbons (Fsp3) is 0.100. The van der Waals surface area contributed by atoms with Crippen molar-refractivity contribution in [2.45, 2.75) is 13.0 Å². The summed E-state index contributed by atoms with van der Waals surface area (Å²) in [6.07, 6.45) is 0.309. The minimum Gasteiger partial charge on any atom is -0.351 e. The van der Waals surface area contributed by atoms with Crippen molar-refractivity contribution in [1.29, 1.82) is 0 Å². The van der Waals surface area contributed by atoms with Crippen LogP contribution >= 0.6 is 27.3 Å². The van der Waals surface area contributed by atoms with Crippen LogP contribution in [-0.2, 0) is 17.8 Å². The number of carbonyl (C=O) groups is 2. The molecule has 132 valence electrons. The highest BCUT2D eigenvalue weighted by atomic mass is 79.9. The average molecular weight is 429 g/mol. The molecule has 2 aromatic carbocycles. The van der Waals surface area contributed by atoms with E-state index in [0.29, 0.717) is 24.2 Å². The predicted octanol–water partition coefficient (Wildman–Crippen LogP) is 4.62. The number of hydrogen-bond acceptors (Lipinski definition) is 3. The lowest BCUT2D eigenvalue weighted by atomic mass is 10.1. The minimum atomic E-state index is -0.182. The van der Waals surface area contributed by atoms with Gasteiger partial charge in [0, 0.05) is 15.0 Å². The summed E-state index contributed by atoms with van der Waals surface area (Å²) < 4.78 is 0.747. The van der Waals surface area contributed by atoms with Crippen LogP contribution in [0.25, 0.3) is 0 Å². The monoisotopic (exact) mass is 428 g/mol. The zero-order chi connectivity index (χ0) is 18.4. The van der Waals surface area contributed by atoms with E-state index in [4.69, 9.17) is 0 Å². The first-order valence-electron chi connectivity index (χ1n) is 8.06. The molecule has 3 rings (SSSR count). The zero-order valence-corrected chi connectivity index (χ0v) is 16.3. The third kappa shape index (κ3) is 5.03. The Bertz CT molecular complexity index is 892. The summed E-state index contributed by atoms with van der Waals surface area (Å²) in [5.74, 6) is -0.206. The van der Waals surface area contributed by atoms with Gasteiger partial charge in [-0.05, 0) is 57.2 Å². The van der Waals surface area contributed by atoms with Gasteiger partial charge >= 0.3 is 0 Å². The first-order chi connectivity index (χ1) is 12.6. The number of amides is 2. The number of nitrogens with one attached hydrogen (secondary N) is 2. The molecular weight excluding hydrogens is 412 g/mol. The summed E-state index contributed by atoms with van der Waals surface area (Å²) in [6.45, 7) is 0.552. The molecule has 0 saturated carbocycles. The van der Waals surface area contributed by atoms with Gasteiger partial charge in [-0.2, -0.15) is 0 Å². The molecule has 0 aliphatic heterocycles. The molecule has 0 fully saturated rings. The Kier molecular flexibility index (Phi) is 6.20. The Morgan fingerprint density at radius 2 is 1.73 bits per heavy atom. The predicted molar refractivity (Wildman–Crippen MR) is 108 cm³/mol. The van der Waals surface area contributed by atoms with Gasteiger partial charge in [0.25, 0.3) is 5.91 Å². The lowest BCUT2D eigenvalue weighted by Crippen LogP contribution is -2.24. The number of hydrogen-bond donors (Lipinski definition) is 2. The van der Waals surface area contributed by atoms with E-state index < -0.39 is 0 Å². The Labute approximate surface area is 164 Å². The number of halogens is 1. The molecule has 0 aliphatic rings. The van der Waals surface area contributed by atoms with Crippen LogP contribution in [0, 0.1) is 0 Å². The van der Waals surface area contributed by atoms with Crippen molar-refractivity contribution in [2.24, 2.45) is 0 Å². The van der Waals surface area contributed by atoms with Gasteiger partial charge in [-0.15, -0.1) is 11.3 Å². The van der Waals surface area contributed by atoms with Gasteiger partial charge in [0.1, 0.15) is 0 Å². The molecule has 0 spiro atoms. The van der Waals surface area contributed by atoms with Crippen LogP contribution in [0.4, 0.5) is 5.69 Å². The van der Waals surface area contributed by atoms with E-state index in [-0.39, 0.29) is 11.8 Å². The molecule has 0 saturated heterocycles. The number of carbonyl (C=O) groups excluding carboxylic acids is 2. The molecule has 0 radical (unpaired) electrons. The Morgan fingerprint density at radius 3 is 2.42 bits per heavy atom. The first kappa shape index (κ1) is 18.4. The minimum absolute atomic E-state index is 0.0246. The zero-order valence-electron chi connectivity index (χ0n) is 13.9. The van der Waals surface area contributed by atoms with Gasteiger partial charge in [-0.3, -0.25) is 9.59 Å². The van der Waals surface area contributed by atoms with Crippen LogP contribution in [-0.4, -0.2) is 11.8 Å². The third-order valence-electron chi connectivity index (χ3n) is 3.73. The standard InChI is InChI=1S/C20H17BrN2O2S/c21-18-6-2-1-5-17(18)20(25)23-15-9-7-14(8-10-15)12-19(24)22-13-16-4-3-11-26-16/h1-11H,12-13H2,(H,22,24)(H,23,25). The van der Waals surface area contributed by atoms with Crippen molar-refractivity contribution in [1.82, 2.24) is 5.32 Å². The fourth-order valence-corrected chi connectivity index (χ4v) is 3.51. The molecule has 0 aliphatic carbocycles. The lowest BCUT2D eigenvalue weighted by molar-refractivity contribution is -0.120. The largest absolute Gasteiger partial charge is 0.351 e. The summed E-state index contributed by atoms with van der Waals surface area (Å²) in [4.78, 5) is 25.4. The van der Waals surface area contributed by atoms with Crippen molar-refractivity contribution in [2.75, 3.05) is 5.32 Å². The summed E-state index contributed by atoms with van der Waals surface area (Å²) in [5.41, 5.74) is 2.16. The topological polar surface area (TPSA) is 58.2 Å². The lowest BCUT2D eigenvalue weighted by Gasteiger charge is -2.08. The second kappa shape index (κ2) is 8.78. The maximum absolute atomic E-state index is 12.3. The van der Waals surface area contributed by atoms with E-state index >= 15 is 0 Å². The van der Waals surface area contributed by atoms with Gasteiger partial charge in [-0.25, -0.2) is 0 Å². The number of anilines is 1. The molecule has 6 heteroatoms. The van der Waals surface area contributed by atoms with E-state index in [0.717, 1.165) is 14.9 Å². The fourth-order valence-electron chi connectivity index (χ4n) is 2.40. The Morgan fingerprint density at radius 1 is 0.962 bits per heavy atom. The molecule has 0 atom stereocenters. The second-order valence-corrected chi connectivity index (χ2v) is 7.55. The maximum Gasteiger partial charge on any atom is 0.256 e. The molecule has 2 N–H and O–H groups in total. The number of rotatable bonds is 6. The molecule has 2 amide bonds. The van der Waals surface area contributed by atoms with Crippen LogP contribution in [0.5, 0.6) is 0 Å². The van der Waals surface area contributed by atoms with Crippen molar-refractivity contribution in [3.8, 4) is 0 Å². The highest BCUT2D eigenvalue weighted by Gasteiger charge is 2.10. The molecule has 0 unspecified atom stereocenters. The first-order valence-corrected chi connectivity index (χ1v) is 9.73. The van der Waals surface area contributed by atoms with Crippen molar-refractivity contribution < 1.29 is 9.59 Å². The van der Waals surface area contributed by atoms with Gasteiger partial charge in [-0.1, -0.05) is 30.3 Å². The summed E-state index contributed by atoms with van der Waals surface area (Å²) in [6, 6.07) is 18.5. The molecule has 26 heavy (non-hydrogen) atoms. The highest BCUT2D eigenvalue weighted by molar-refractivity contribution is 9.10. The summed E-state index contributed by atoms with van der Waals surface area (Å²) in [5, 5.41) is 7.75. The normalized spacial score (nSPS) is 10.3. The second-order valence-electron chi connectivity index (χ2n) is 5.66. The highest BCUT2D eigenvalue weighted by Crippen LogP contribution is 2.18. The third-order valence-corrected chi connectivity index (χ3v) is 5.30. The Hall–Kier alpha value is -2.44. The number of thiophene rings is 1. The van der Waals surface area contributed by atoms with Crippen LogP contribution < -0.4 is 10.6 Å². The quantitative estimate of drug-likeness (QED) is 0.601. The molecule has 3 aromatic rings. The van der Waals surface area contributed by atoms with Crippen LogP contribution in [0.1, 0.15) is 20.8 Å². The van der Waals surface area contributed by atoms with Crippen molar-refractivity contribution in [3.05, 3.63) is 86.5 Å². The van der Waals surface area contributed by atoms with E-state index in [9.17, 15) is 9.59 Å². The van der Waals surface area contributed by atoms with Gasteiger partial charge in [0.15, 0.2) is 0 Å². The van der Waals surface area contributed by atoms with E-state index in [1.54, 1.807) is 29.5 Å². The maximum atomic E-state index is 12.3. The van der Waals surface area contributed by atoms with Gasteiger partial charge < -0.3 is 10.6 Å². The smallest absolute Gasteiger partial charge is 0.256 e. The molecule has 0 bridgehead atoms. The summed E-state index contributed by atoms with van der Waals surface area (Å²) >= 11 is 4.99. The SMILES string of the molecule is O=C(Cc1ccc(NC(=O)c2ccccc2Br)cc1)NCc1cccs1. The molecule has 4 nitrogen and oxygen atoms in total. The van der Waals surface area contributed by atoms with Crippen LogP contribution in [0.15, 0.2) is 70.5 Å². The van der Waals surface area contributed by atoms with E-state index in [2.05, 4.69) is 26.6 Å². The molecular formula is C20H17BrN2O2S. The van der Waals surface area contributed by atoms with E-state index in [1.165, 1.54) is 0 Å². The van der Waals surface area contributed by atoms with Crippen LogP contribution in [0.2, 0.25) is 0 Å². The van der Waals surface area contributed by atoms with E-state index in [1.807, 2.05) is 47.8 Å². The Balaban J connectivity index is 1.54. The number of benzene rings is 2.